The van der Waals surface area contributed by atoms with Crippen LogP contribution < -0.4 is 15.5 Å². The van der Waals surface area contributed by atoms with Crippen molar-refractivity contribution < 1.29 is 22.8 Å². The van der Waals surface area contributed by atoms with Gasteiger partial charge in [0, 0.05) is 24.2 Å². The summed E-state index contributed by atoms with van der Waals surface area (Å²) >= 11 is 6.04. The van der Waals surface area contributed by atoms with Crippen LogP contribution in [0.3, 0.4) is 0 Å². The number of fused-ring (bicyclic) bond motifs is 2. The molecule has 2 N–H and O–H groups in total. The number of likely N-dealkylation sites (tertiary alicyclic amines) is 1. The number of hydrogen-bond donors (Lipinski definition) is 2. The number of halogens is 4. The quantitative estimate of drug-likeness (QED) is 0.142. The van der Waals surface area contributed by atoms with Crippen molar-refractivity contribution in [3.8, 4) is 11.3 Å². The van der Waals surface area contributed by atoms with Gasteiger partial charge in [-0.05, 0) is 98.5 Å². The SMILES string of the molecule is CCNC(=O)c1cc(Nc2nc(-c3cc4c(nc3F)C(C)(C)C(=O)N4C3CC(C)(N4CCCCC4)C3)cc3ncn(C(C)C)c23)c(F)c(F)c1Cl. The summed E-state index contributed by atoms with van der Waals surface area (Å²) in [4.78, 5) is 44.6. The van der Waals surface area contributed by atoms with Gasteiger partial charge in [-0.2, -0.15) is 4.39 Å². The average Bonchev–Trinajstić information content (AvgIpc) is 3.60. The predicted molar refractivity (Wildman–Crippen MR) is 191 cm³/mol. The van der Waals surface area contributed by atoms with E-state index in [0.717, 1.165) is 32.0 Å². The van der Waals surface area contributed by atoms with Crippen LogP contribution in [-0.2, 0) is 10.2 Å². The smallest absolute Gasteiger partial charge is 0.252 e. The highest BCUT2D eigenvalue weighted by molar-refractivity contribution is 6.34. The third kappa shape index (κ3) is 5.72. The third-order valence-corrected chi connectivity index (χ3v) is 11.1. The van der Waals surface area contributed by atoms with Crippen molar-refractivity contribution in [2.75, 3.05) is 29.9 Å². The largest absolute Gasteiger partial charge is 0.352 e. The topological polar surface area (TPSA) is 108 Å². The standard InChI is InChI=1S/C37H42ClF3N8O2/c1-7-42-34(50)22-13-24(28(39)29(40)27(22)38)45-33-30-25(43-18-48(30)19(2)3)15-23(44-33)21-14-26-31(46-32(21)41)36(4,5)35(51)49(26)20-16-37(6,17-20)47-11-9-8-10-12-47/h13-15,18-20H,7-12,16-17H2,1-6H3,(H,42,50)(H,44,45). The van der Waals surface area contributed by atoms with Crippen molar-refractivity contribution in [3.63, 3.8) is 0 Å². The first-order valence-electron chi connectivity index (χ1n) is 17.6. The maximum atomic E-state index is 16.2. The molecule has 1 aromatic carbocycles. The molecule has 0 spiro atoms. The van der Waals surface area contributed by atoms with Gasteiger partial charge < -0.3 is 20.1 Å². The third-order valence-electron chi connectivity index (χ3n) is 10.8. The molecule has 5 heterocycles. The van der Waals surface area contributed by atoms with Crippen LogP contribution in [0.1, 0.15) is 95.7 Å². The molecule has 0 radical (unpaired) electrons. The van der Waals surface area contributed by atoms with Crippen LogP contribution in [-0.4, -0.2) is 67.4 Å². The number of benzene rings is 1. The monoisotopic (exact) mass is 722 g/mol. The summed E-state index contributed by atoms with van der Waals surface area (Å²) in [7, 11) is 0. The lowest BCUT2D eigenvalue weighted by Gasteiger charge is -2.55. The number of rotatable bonds is 8. The number of hydrogen-bond acceptors (Lipinski definition) is 7. The van der Waals surface area contributed by atoms with Gasteiger partial charge in [-0.3, -0.25) is 14.5 Å². The van der Waals surface area contributed by atoms with E-state index in [0.29, 0.717) is 22.4 Å². The molecule has 1 aliphatic carbocycles. The summed E-state index contributed by atoms with van der Waals surface area (Å²) in [5.74, 6) is -4.31. The van der Waals surface area contributed by atoms with Crippen molar-refractivity contribution >= 4 is 51.6 Å². The first kappa shape index (κ1) is 35.2. The molecule has 0 bridgehead atoms. The van der Waals surface area contributed by atoms with E-state index >= 15 is 13.2 Å². The molecule has 270 valence electrons. The second-order valence-electron chi connectivity index (χ2n) is 15.0. The number of imidazole rings is 1. The number of piperidine rings is 1. The first-order chi connectivity index (χ1) is 24.2. The van der Waals surface area contributed by atoms with Gasteiger partial charge in [-0.1, -0.05) is 18.0 Å². The number of nitrogens with zero attached hydrogens (tertiary/aromatic N) is 6. The molecule has 4 aromatic rings. The summed E-state index contributed by atoms with van der Waals surface area (Å²) in [6.45, 7) is 13.7. The van der Waals surface area contributed by atoms with E-state index in [4.69, 9.17) is 16.6 Å². The molecule has 0 unspecified atom stereocenters. The van der Waals surface area contributed by atoms with Crippen LogP contribution >= 0.6 is 11.6 Å². The number of pyridine rings is 2. The Morgan fingerprint density at radius 1 is 1.04 bits per heavy atom. The Kier molecular flexibility index (Phi) is 8.81. The highest BCUT2D eigenvalue weighted by Gasteiger charge is 2.55. The van der Waals surface area contributed by atoms with Crippen LogP contribution in [0.5, 0.6) is 0 Å². The molecule has 51 heavy (non-hydrogen) atoms. The van der Waals surface area contributed by atoms with Gasteiger partial charge in [0.25, 0.3) is 5.91 Å². The molecular weight excluding hydrogens is 681 g/mol. The van der Waals surface area contributed by atoms with Crippen LogP contribution in [0.15, 0.2) is 24.5 Å². The Morgan fingerprint density at radius 3 is 2.41 bits per heavy atom. The van der Waals surface area contributed by atoms with E-state index in [1.807, 2.05) is 13.8 Å². The molecule has 14 heteroatoms. The van der Waals surface area contributed by atoms with Gasteiger partial charge >= 0.3 is 0 Å². The molecule has 3 aliphatic rings. The Bertz CT molecular complexity index is 2070. The van der Waals surface area contributed by atoms with Crippen molar-refractivity contribution in [2.24, 2.45) is 0 Å². The van der Waals surface area contributed by atoms with Gasteiger partial charge in [0.15, 0.2) is 17.5 Å². The van der Waals surface area contributed by atoms with Gasteiger partial charge in [0.1, 0.15) is 5.52 Å². The Hall–Kier alpha value is -4.23. The highest BCUT2D eigenvalue weighted by Crippen LogP contribution is 2.50. The molecule has 1 saturated carbocycles. The number of anilines is 3. The lowest BCUT2D eigenvalue weighted by atomic mass is 9.71. The zero-order chi connectivity index (χ0) is 36.6. The maximum Gasteiger partial charge on any atom is 0.252 e. The fourth-order valence-electron chi connectivity index (χ4n) is 7.93. The van der Waals surface area contributed by atoms with Crippen molar-refractivity contribution in [1.82, 2.24) is 29.7 Å². The normalized spacial score (nSPS) is 21.7. The zero-order valence-corrected chi connectivity index (χ0v) is 30.4. The Balaban J connectivity index is 1.32. The first-order valence-corrected chi connectivity index (χ1v) is 17.9. The molecule has 1 saturated heterocycles. The number of nitrogens with one attached hydrogen (secondary N) is 2. The summed E-state index contributed by atoms with van der Waals surface area (Å²) in [5.41, 5.74) is 0.183. The minimum absolute atomic E-state index is 0.00948. The summed E-state index contributed by atoms with van der Waals surface area (Å²) < 4.78 is 48.4. The number of carbonyl (C=O) groups is 2. The van der Waals surface area contributed by atoms with E-state index in [1.54, 1.807) is 48.7 Å². The maximum absolute atomic E-state index is 16.2. The summed E-state index contributed by atoms with van der Waals surface area (Å²) in [6, 6.07) is 4.16. The van der Waals surface area contributed by atoms with Crippen LogP contribution in [0.25, 0.3) is 22.3 Å². The van der Waals surface area contributed by atoms with E-state index < -0.39 is 39.6 Å². The second kappa shape index (κ2) is 12.8. The molecule has 2 amide bonds. The van der Waals surface area contributed by atoms with E-state index in [1.165, 1.54) is 19.3 Å². The molecule has 2 aliphatic heterocycles. The lowest BCUT2D eigenvalue weighted by molar-refractivity contribution is -0.123. The molecule has 0 atom stereocenters. The van der Waals surface area contributed by atoms with E-state index in [-0.39, 0.29) is 52.7 Å². The fourth-order valence-corrected chi connectivity index (χ4v) is 8.15. The minimum Gasteiger partial charge on any atom is -0.352 e. The van der Waals surface area contributed by atoms with Crippen molar-refractivity contribution in [2.45, 2.75) is 96.7 Å². The van der Waals surface area contributed by atoms with Crippen molar-refractivity contribution in [1.29, 1.82) is 0 Å². The molecule has 10 nitrogen and oxygen atoms in total. The molecule has 7 rings (SSSR count). The van der Waals surface area contributed by atoms with Crippen LogP contribution in [0, 0.1) is 17.6 Å². The van der Waals surface area contributed by atoms with Gasteiger partial charge in [-0.25, -0.2) is 23.7 Å². The predicted octanol–water partition coefficient (Wildman–Crippen LogP) is 7.67. The summed E-state index contributed by atoms with van der Waals surface area (Å²) in [5, 5.41) is 4.75. The van der Waals surface area contributed by atoms with E-state index in [9.17, 15) is 9.59 Å². The number of aromatic nitrogens is 4. The average molecular weight is 723 g/mol. The highest BCUT2D eigenvalue weighted by atomic mass is 35.5. The number of amides is 2. The Labute approximate surface area is 299 Å². The summed E-state index contributed by atoms with van der Waals surface area (Å²) in [6.07, 6.45) is 6.76. The molecule has 3 aromatic heterocycles. The molecular formula is C37H42ClF3N8O2. The van der Waals surface area contributed by atoms with Gasteiger partial charge in [0.2, 0.25) is 11.9 Å². The molecule has 2 fully saturated rings. The van der Waals surface area contributed by atoms with Gasteiger partial charge in [0.05, 0.1) is 56.2 Å². The Morgan fingerprint density at radius 2 is 1.75 bits per heavy atom. The lowest BCUT2D eigenvalue weighted by Crippen LogP contribution is -2.64. The van der Waals surface area contributed by atoms with Crippen LogP contribution in [0.4, 0.5) is 30.4 Å². The fraction of sp³-hybridized carbons (Fsp3) is 0.486. The van der Waals surface area contributed by atoms with Crippen molar-refractivity contribution in [3.05, 3.63) is 58.4 Å². The second-order valence-corrected chi connectivity index (χ2v) is 15.3. The van der Waals surface area contributed by atoms with Crippen LogP contribution in [0.2, 0.25) is 5.02 Å². The zero-order valence-electron chi connectivity index (χ0n) is 29.6. The minimum atomic E-state index is -1.40. The van der Waals surface area contributed by atoms with Gasteiger partial charge in [-0.15, -0.1) is 0 Å². The van der Waals surface area contributed by atoms with E-state index in [2.05, 4.69) is 32.4 Å². The number of carbonyl (C=O) groups excluding carboxylic acids is 2.